The fourth-order valence-electron chi connectivity index (χ4n) is 9.04. The van der Waals surface area contributed by atoms with Crippen molar-refractivity contribution in [3.8, 4) is 0 Å². The van der Waals surface area contributed by atoms with Gasteiger partial charge in [0.1, 0.15) is 5.76 Å². The summed E-state index contributed by atoms with van der Waals surface area (Å²) in [4.78, 5) is 5.92. The SMILES string of the molecule is CCCC1C2=C(OC1N)C(C1N(C)C3CCCCC3N1C1(C)C(C)CCCC1C)C(C)CC2. The molecule has 0 spiro atoms. The predicted molar refractivity (Wildman–Crippen MR) is 136 cm³/mol. The standard InChI is InChI=1S/C29H51N3O/c1-7-11-22-21-17-16-18(2)25(26(21)33-27(22)30)28-31(6)23-14-8-9-15-24(23)32(28)29(5)19(3)12-10-13-20(29)4/h18-20,22-25,27-28H,7-17,30H2,1-6H3. The zero-order chi connectivity index (χ0) is 23.5. The zero-order valence-corrected chi connectivity index (χ0v) is 22.4. The normalized spacial score (nSPS) is 49.1. The number of ether oxygens (including phenoxy) is 1. The van der Waals surface area contributed by atoms with Gasteiger partial charge in [0.15, 0.2) is 6.23 Å². The minimum Gasteiger partial charge on any atom is -0.479 e. The van der Waals surface area contributed by atoms with E-state index in [-0.39, 0.29) is 11.8 Å². The topological polar surface area (TPSA) is 41.7 Å². The Balaban J connectivity index is 1.59. The van der Waals surface area contributed by atoms with E-state index in [1.807, 2.05) is 0 Å². The quantitative estimate of drug-likeness (QED) is 0.552. The smallest absolute Gasteiger partial charge is 0.153 e. The summed E-state index contributed by atoms with van der Waals surface area (Å²) in [5.41, 5.74) is 8.49. The van der Waals surface area contributed by atoms with Gasteiger partial charge in [0.25, 0.3) is 0 Å². The molecule has 9 unspecified atom stereocenters. The molecule has 0 bridgehead atoms. The third-order valence-electron chi connectivity index (χ3n) is 11.2. The molecule has 0 aromatic carbocycles. The van der Waals surface area contributed by atoms with E-state index in [1.165, 1.54) is 76.4 Å². The van der Waals surface area contributed by atoms with Crippen LogP contribution in [0.2, 0.25) is 0 Å². The van der Waals surface area contributed by atoms with Crippen LogP contribution in [-0.2, 0) is 4.74 Å². The summed E-state index contributed by atoms with van der Waals surface area (Å²) in [5, 5.41) is 0. The van der Waals surface area contributed by atoms with Crippen LogP contribution in [0.1, 0.15) is 105 Å². The molecule has 0 radical (unpaired) electrons. The molecule has 3 aliphatic carbocycles. The summed E-state index contributed by atoms with van der Waals surface area (Å²) in [6, 6.07) is 1.39. The maximum atomic E-state index is 6.65. The Bertz CT molecular complexity index is 739. The summed E-state index contributed by atoms with van der Waals surface area (Å²) < 4.78 is 6.65. The number of hydrogen-bond acceptors (Lipinski definition) is 4. The molecule has 2 aliphatic heterocycles. The Morgan fingerprint density at radius 3 is 2.30 bits per heavy atom. The van der Waals surface area contributed by atoms with Gasteiger partial charge in [0.2, 0.25) is 0 Å². The van der Waals surface area contributed by atoms with E-state index in [9.17, 15) is 0 Å². The van der Waals surface area contributed by atoms with Crippen molar-refractivity contribution in [1.29, 1.82) is 0 Å². The lowest BCUT2D eigenvalue weighted by molar-refractivity contribution is -0.0938. The van der Waals surface area contributed by atoms with Crippen LogP contribution in [0, 0.1) is 29.6 Å². The van der Waals surface area contributed by atoms with Crippen LogP contribution in [0.5, 0.6) is 0 Å². The number of fused-ring (bicyclic) bond motifs is 1. The van der Waals surface area contributed by atoms with Crippen LogP contribution in [-0.4, -0.2) is 46.9 Å². The predicted octanol–water partition coefficient (Wildman–Crippen LogP) is 6.12. The molecule has 5 rings (SSSR count). The molecule has 4 nitrogen and oxygen atoms in total. The van der Waals surface area contributed by atoms with Crippen molar-refractivity contribution in [3.63, 3.8) is 0 Å². The highest BCUT2D eigenvalue weighted by molar-refractivity contribution is 5.27. The Morgan fingerprint density at radius 2 is 1.64 bits per heavy atom. The Hall–Kier alpha value is -0.580. The maximum Gasteiger partial charge on any atom is 0.153 e. The van der Waals surface area contributed by atoms with Crippen molar-refractivity contribution in [3.05, 3.63) is 11.3 Å². The third-order valence-corrected chi connectivity index (χ3v) is 11.2. The summed E-state index contributed by atoms with van der Waals surface area (Å²) in [6.07, 6.45) is 14.8. The Kier molecular flexibility index (Phi) is 6.68. The maximum absolute atomic E-state index is 6.65. The molecule has 3 fully saturated rings. The van der Waals surface area contributed by atoms with Crippen LogP contribution >= 0.6 is 0 Å². The van der Waals surface area contributed by atoms with Crippen LogP contribution in [0.4, 0.5) is 0 Å². The summed E-state index contributed by atoms with van der Waals surface area (Å²) in [5.74, 6) is 4.33. The van der Waals surface area contributed by atoms with E-state index < -0.39 is 0 Å². The third kappa shape index (κ3) is 3.64. The Labute approximate surface area is 203 Å². The van der Waals surface area contributed by atoms with Crippen molar-refractivity contribution in [2.45, 2.75) is 135 Å². The lowest BCUT2D eigenvalue weighted by atomic mass is 9.65. The first kappa shape index (κ1) is 24.1. The summed E-state index contributed by atoms with van der Waals surface area (Å²) >= 11 is 0. The summed E-state index contributed by atoms with van der Waals surface area (Å²) in [6.45, 7) is 12.5. The lowest BCUT2D eigenvalue weighted by Gasteiger charge is -2.57. The van der Waals surface area contributed by atoms with Crippen molar-refractivity contribution in [2.24, 2.45) is 35.3 Å². The lowest BCUT2D eigenvalue weighted by Crippen LogP contribution is -2.64. The monoisotopic (exact) mass is 457 g/mol. The number of nitrogens with two attached hydrogens (primary N) is 1. The fraction of sp³-hybridized carbons (Fsp3) is 0.931. The van der Waals surface area contributed by atoms with Crippen LogP contribution in [0.25, 0.3) is 0 Å². The first-order valence-electron chi connectivity index (χ1n) is 14.5. The molecule has 0 aromatic heterocycles. The van der Waals surface area contributed by atoms with E-state index in [4.69, 9.17) is 10.5 Å². The van der Waals surface area contributed by atoms with Crippen molar-refractivity contribution in [2.75, 3.05) is 7.05 Å². The molecule has 188 valence electrons. The minimum atomic E-state index is -0.131. The average molecular weight is 458 g/mol. The Morgan fingerprint density at radius 1 is 0.970 bits per heavy atom. The fourth-order valence-corrected chi connectivity index (χ4v) is 9.04. The van der Waals surface area contributed by atoms with Gasteiger partial charge in [0, 0.05) is 29.5 Å². The van der Waals surface area contributed by atoms with E-state index in [0.29, 0.717) is 36.0 Å². The van der Waals surface area contributed by atoms with Gasteiger partial charge in [-0.05, 0) is 82.2 Å². The largest absolute Gasteiger partial charge is 0.479 e. The first-order chi connectivity index (χ1) is 15.8. The molecule has 33 heavy (non-hydrogen) atoms. The molecule has 9 atom stereocenters. The second-order valence-electron chi connectivity index (χ2n) is 12.8. The van der Waals surface area contributed by atoms with Gasteiger partial charge >= 0.3 is 0 Å². The van der Waals surface area contributed by atoms with Crippen molar-refractivity contribution < 1.29 is 4.74 Å². The van der Waals surface area contributed by atoms with E-state index >= 15 is 0 Å². The van der Waals surface area contributed by atoms with Crippen LogP contribution in [0.3, 0.4) is 0 Å². The van der Waals surface area contributed by atoms with Gasteiger partial charge in [-0.25, -0.2) is 0 Å². The van der Waals surface area contributed by atoms with Crippen LogP contribution < -0.4 is 5.73 Å². The second-order valence-corrected chi connectivity index (χ2v) is 12.8. The van der Waals surface area contributed by atoms with E-state index in [1.54, 1.807) is 5.57 Å². The highest BCUT2D eigenvalue weighted by Gasteiger charge is 2.60. The highest BCUT2D eigenvalue weighted by Crippen LogP contribution is 2.55. The van der Waals surface area contributed by atoms with Gasteiger partial charge in [-0.1, -0.05) is 53.4 Å². The van der Waals surface area contributed by atoms with Gasteiger partial charge in [-0.2, -0.15) is 0 Å². The highest BCUT2D eigenvalue weighted by atomic mass is 16.5. The molecule has 2 N–H and O–H groups in total. The molecule has 2 saturated carbocycles. The molecule has 4 heteroatoms. The van der Waals surface area contributed by atoms with E-state index in [0.717, 1.165) is 11.8 Å². The average Bonchev–Trinajstić information content (AvgIpc) is 3.27. The second kappa shape index (κ2) is 9.13. The number of likely N-dealkylation sites (N-methyl/N-ethyl adjacent to an activating group) is 1. The van der Waals surface area contributed by atoms with Gasteiger partial charge in [0.05, 0.1) is 6.17 Å². The molecule has 1 saturated heterocycles. The number of nitrogens with zero attached hydrogens (tertiary/aromatic N) is 2. The first-order valence-corrected chi connectivity index (χ1v) is 14.5. The van der Waals surface area contributed by atoms with Gasteiger partial charge < -0.3 is 4.74 Å². The molecular formula is C29H51N3O. The molecule has 5 aliphatic rings. The van der Waals surface area contributed by atoms with Crippen molar-refractivity contribution >= 4 is 0 Å². The molecule has 0 aromatic rings. The molecule has 0 amide bonds. The number of hydrogen-bond donors (Lipinski definition) is 1. The van der Waals surface area contributed by atoms with Gasteiger partial charge in [-0.15, -0.1) is 0 Å². The van der Waals surface area contributed by atoms with E-state index in [2.05, 4.69) is 51.5 Å². The van der Waals surface area contributed by atoms with Gasteiger partial charge in [-0.3, -0.25) is 15.5 Å². The van der Waals surface area contributed by atoms with Crippen molar-refractivity contribution in [1.82, 2.24) is 9.80 Å². The zero-order valence-electron chi connectivity index (χ0n) is 22.4. The number of rotatable bonds is 4. The summed E-state index contributed by atoms with van der Waals surface area (Å²) in [7, 11) is 2.45. The van der Waals surface area contributed by atoms with Crippen LogP contribution in [0.15, 0.2) is 11.3 Å². The molecule has 2 heterocycles. The minimum absolute atomic E-state index is 0.131. The molecular weight excluding hydrogens is 406 g/mol.